The van der Waals surface area contributed by atoms with E-state index >= 15 is 0 Å². The first kappa shape index (κ1) is 19.9. The van der Waals surface area contributed by atoms with Crippen molar-refractivity contribution < 1.29 is 18.1 Å². The lowest BCUT2D eigenvalue weighted by Crippen LogP contribution is -2.29. The predicted octanol–water partition coefficient (Wildman–Crippen LogP) is 4.62. The molecular weight excluding hydrogens is 291 g/mol. The molecule has 0 aliphatic heterocycles. The zero-order valence-electron chi connectivity index (χ0n) is 13.7. The molecule has 0 amide bonds. The van der Waals surface area contributed by atoms with Gasteiger partial charge in [-0.1, -0.05) is 26.7 Å². The van der Waals surface area contributed by atoms with Crippen LogP contribution in [0.15, 0.2) is 0 Å². The van der Waals surface area contributed by atoms with E-state index in [9.17, 15) is 4.57 Å². The summed E-state index contributed by atoms with van der Waals surface area (Å²) < 4.78 is 27.9. The monoisotopic (exact) mass is 320 g/mol. The standard InChI is InChI=1S/C14H29O4PSi/c1-7-16-19(15,17-8-2)18-14(6)12-13-20(9-3,10-4)11-5/h14H,7-11H2,1-6H3. The van der Waals surface area contributed by atoms with Gasteiger partial charge in [-0.25, -0.2) is 4.57 Å². The minimum Gasteiger partial charge on any atom is -0.287 e. The molecule has 0 heterocycles. The normalized spacial score (nSPS) is 13.7. The average Bonchev–Trinajstić information content (AvgIpc) is 2.41. The van der Waals surface area contributed by atoms with E-state index in [0.717, 1.165) is 18.1 Å². The Morgan fingerprint density at radius 2 is 1.45 bits per heavy atom. The van der Waals surface area contributed by atoms with Crippen molar-refractivity contribution in [3.8, 4) is 11.5 Å². The molecule has 1 atom stereocenters. The summed E-state index contributed by atoms with van der Waals surface area (Å²) in [5.41, 5.74) is 3.42. The van der Waals surface area contributed by atoms with E-state index in [1.807, 2.05) is 0 Å². The van der Waals surface area contributed by atoms with E-state index < -0.39 is 22.0 Å². The molecule has 0 radical (unpaired) electrons. The summed E-state index contributed by atoms with van der Waals surface area (Å²) in [7, 11) is -4.97. The molecule has 0 saturated carbocycles. The first-order chi connectivity index (χ1) is 9.40. The van der Waals surface area contributed by atoms with Crippen molar-refractivity contribution >= 4 is 15.9 Å². The summed E-state index contributed by atoms with van der Waals surface area (Å²) >= 11 is 0. The maximum Gasteiger partial charge on any atom is 0.475 e. The van der Waals surface area contributed by atoms with Crippen molar-refractivity contribution in [2.45, 2.75) is 65.8 Å². The van der Waals surface area contributed by atoms with Gasteiger partial charge in [-0.2, -0.15) is 0 Å². The van der Waals surface area contributed by atoms with E-state index in [0.29, 0.717) is 0 Å². The summed E-state index contributed by atoms with van der Waals surface area (Å²) in [6.45, 7) is 12.5. The molecule has 0 fully saturated rings. The second-order valence-electron chi connectivity index (χ2n) is 4.64. The van der Waals surface area contributed by atoms with Crippen molar-refractivity contribution in [3.63, 3.8) is 0 Å². The molecule has 0 saturated heterocycles. The molecule has 0 aromatic heterocycles. The fourth-order valence-electron chi connectivity index (χ4n) is 1.90. The maximum atomic E-state index is 12.2. The van der Waals surface area contributed by atoms with Crippen LogP contribution in [0.5, 0.6) is 0 Å². The summed E-state index contributed by atoms with van der Waals surface area (Å²) in [5.74, 6) is 3.11. The van der Waals surface area contributed by atoms with E-state index in [1.165, 1.54) is 0 Å². The van der Waals surface area contributed by atoms with Crippen LogP contribution >= 0.6 is 7.82 Å². The Bertz CT molecular complexity index is 353. The molecule has 4 nitrogen and oxygen atoms in total. The highest BCUT2D eigenvalue weighted by Gasteiger charge is 2.28. The second kappa shape index (κ2) is 9.76. The topological polar surface area (TPSA) is 44.8 Å². The van der Waals surface area contributed by atoms with Crippen LogP contribution in [0.2, 0.25) is 18.1 Å². The van der Waals surface area contributed by atoms with Crippen LogP contribution in [0.4, 0.5) is 0 Å². The van der Waals surface area contributed by atoms with Crippen LogP contribution in [0.1, 0.15) is 41.5 Å². The highest BCUT2D eigenvalue weighted by molar-refractivity contribution is 7.48. The zero-order chi connectivity index (χ0) is 15.6. The lowest BCUT2D eigenvalue weighted by molar-refractivity contribution is 0.109. The number of rotatable bonds is 9. The van der Waals surface area contributed by atoms with Crippen LogP contribution in [-0.4, -0.2) is 27.4 Å². The Balaban J connectivity index is 4.85. The lowest BCUT2D eigenvalue weighted by Gasteiger charge is -2.21. The Labute approximate surface area is 125 Å². The fraction of sp³-hybridized carbons (Fsp3) is 0.857. The van der Waals surface area contributed by atoms with Crippen LogP contribution in [0.25, 0.3) is 0 Å². The Morgan fingerprint density at radius 1 is 1.00 bits per heavy atom. The quantitative estimate of drug-likeness (QED) is 0.353. The molecule has 0 aliphatic rings. The van der Waals surface area contributed by atoms with E-state index in [-0.39, 0.29) is 13.2 Å². The van der Waals surface area contributed by atoms with Gasteiger partial charge in [-0.05, 0) is 38.9 Å². The van der Waals surface area contributed by atoms with Gasteiger partial charge in [-0.15, -0.1) is 5.54 Å². The smallest absolute Gasteiger partial charge is 0.287 e. The Hall–Kier alpha value is -0.113. The van der Waals surface area contributed by atoms with Gasteiger partial charge in [0.1, 0.15) is 14.2 Å². The highest BCUT2D eigenvalue weighted by atomic mass is 31.2. The van der Waals surface area contributed by atoms with Gasteiger partial charge < -0.3 is 0 Å². The summed E-state index contributed by atoms with van der Waals surface area (Å²) in [5, 5.41) is 0. The number of hydrogen-bond donors (Lipinski definition) is 0. The van der Waals surface area contributed by atoms with Gasteiger partial charge in [0, 0.05) is 0 Å². The van der Waals surface area contributed by atoms with Gasteiger partial charge in [0.2, 0.25) is 0 Å². The predicted molar refractivity (Wildman–Crippen MR) is 86.4 cm³/mol. The number of hydrogen-bond acceptors (Lipinski definition) is 4. The largest absolute Gasteiger partial charge is 0.475 e. The minimum atomic E-state index is -3.47. The molecule has 20 heavy (non-hydrogen) atoms. The van der Waals surface area contributed by atoms with E-state index in [4.69, 9.17) is 13.6 Å². The van der Waals surface area contributed by atoms with Gasteiger partial charge in [0.15, 0.2) is 0 Å². The number of phosphoric ester groups is 1. The SMILES string of the molecule is CCOP(=O)(OCC)OC(C)C#C[Si](CC)(CC)CC. The molecule has 0 aromatic carbocycles. The third kappa shape index (κ3) is 6.56. The molecule has 0 bridgehead atoms. The molecule has 0 spiro atoms. The van der Waals surface area contributed by atoms with Crippen molar-refractivity contribution in [2.24, 2.45) is 0 Å². The number of phosphoric acid groups is 1. The highest BCUT2D eigenvalue weighted by Crippen LogP contribution is 2.50. The van der Waals surface area contributed by atoms with Crippen molar-refractivity contribution in [3.05, 3.63) is 0 Å². The van der Waals surface area contributed by atoms with Gasteiger partial charge in [0.05, 0.1) is 13.2 Å². The van der Waals surface area contributed by atoms with Gasteiger partial charge in [0.25, 0.3) is 0 Å². The average molecular weight is 320 g/mol. The summed E-state index contributed by atoms with van der Waals surface area (Å²) in [6, 6.07) is 3.40. The van der Waals surface area contributed by atoms with Crippen LogP contribution in [0.3, 0.4) is 0 Å². The Kier molecular flexibility index (Phi) is 9.70. The van der Waals surface area contributed by atoms with Crippen LogP contribution in [-0.2, 0) is 18.1 Å². The van der Waals surface area contributed by atoms with Gasteiger partial charge >= 0.3 is 7.82 Å². The zero-order valence-corrected chi connectivity index (χ0v) is 15.6. The van der Waals surface area contributed by atoms with Crippen molar-refractivity contribution in [1.29, 1.82) is 0 Å². The molecule has 0 N–H and O–H groups in total. The summed E-state index contributed by atoms with van der Waals surface area (Å²) in [6.07, 6.45) is -0.449. The van der Waals surface area contributed by atoms with E-state index in [2.05, 4.69) is 32.2 Å². The van der Waals surface area contributed by atoms with Crippen LogP contribution in [0, 0.1) is 11.5 Å². The third-order valence-corrected chi connectivity index (χ3v) is 9.89. The van der Waals surface area contributed by atoms with Crippen LogP contribution < -0.4 is 0 Å². The molecule has 6 heteroatoms. The molecular formula is C14H29O4PSi. The fourth-order valence-corrected chi connectivity index (χ4v) is 5.71. The molecule has 0 rings (SSSR count). The molecule has 0 aromatic rings. The Morgan fingerprint density at radius 3 is 1.80 bits per heavy atom. The lowest BCUT2D eigenvalue weighted by atomic mass is 10.4. The third-order valence-electron chi connectivity index (χ3n) is 3.43. The van der Waals surface area contributed by atoms with Gasteiger partial charge in [-0.3, -0.25) is 13.6 Å². The summed E-state index contributed by atoms with van der Waals surface area (Å²) in [4.78, 5) is 0. The van der Waals surface area contributed by atoms with Crippen molar-refractivity contribution in [2.75, 3.05) is 13.2 Å². The first-order valence-corrected chi connectivity index (χ1v) is 11.6. The first-order valence-electron chi connectivity index (χ1n) is 7.51. The molecule has 118 valence electrons. The second-order valence-corrected chi connectivity index (χ2v) is 11.2. The molecule has 1 unspecified atom stereocenters. The van der Waals surface area contributed by atoms with E-state index in [1.54, 1.807) is 20.8 Å². The molecule has 0 aliphatic carbocycles. The maximum absolute atomic E-state index is 12.2. The minimum absolute atomic E-state index is 0.287. The van der Waals surface area contributed by atoms with Crippen molar-refractivity contribution in [1.82, 2.24) is 0 Å².